The van der Waals surface area contributed by atoms with Crippen molar-refractivity contribution in [1.82, 2.24) is 5.32 Å². The van der Waals surface area contributed by atoms with Gasteiger partial charge in [-0.2, -0.15) is 5.26 Å². The number of phenols is 1. The molecule has 1 rings (SSSR count). The number of carbonyl (C=O) groups excluding carboxylic acids is 1. The van der Waals surface area contributed by atoms with Crippen LogP contribution in [0.4, 0.5) is 0 Å². The van der Waals surface area contributed by atoms with Crippen molar-refractivity contribution in [3.63, 3.8) is 0 Å². The number of nitriles is 1. The third-order valence-corrected chi connectivity index (χ3v) is 2.39. The summed E-state index contributed by atoms with van der Waals surface area (Å²) in [6.45, 7) is 1.79. The Morgan fingerprint density at radius 3 is 2.94 bits per heavy atom. The lowest BCUT2D eigenvalue weighted by Gasteiger charge is -2.10. The van der Waals surface area contributed by atoms with Crippen molar-refractivity contribution in [2.75, 3.05) is 0 Å². The lowest BCUT2D eigenvalue weighted by Crippen LogP contribution is -2.33. The van der Waals surface area contributed by atoms with Gasteiger partial charge in [-0.25, -0.2) is 0 Å². The number of halogens is 1. The molecule has 2 N–H and O–H groups in total. The second-order valence-electron chi connectivity index (χ2n) is 3.23. The maximum atomic E-state index is 11.7. The molecule has 0 aliphatic carbocycles. The van der Waals surface area contributed by atoms with E-state index in [0.29, 0.717) is 6.42 Å². The Morgan fingerprint density at radius 1 is 1.69 bits per heavy atom. The first-order chi connectivity index (χ1) is 7.58. The van der Waals surface area contributed by atoms with Gasteiger partial charge in [-0.05, 0) is 24.6 Å². The van der Waals surface area contributed by atoms with Crippen LogP contribution in [0.3, 0.4) is 0 Å². The number of phenolic OH excluding ortho intramolecular Hbond substituents is 1. The third-order valence-electron chi connectivity index (χ3n) is 2.06. The number of nitrogens with zero attached hydrogens (tertiary/aromatic N) is 1. The van der Waals surface area contributed by atoms with E-state index in [2.05, 4.69) is 5.32 Å². The van der Waals surface area contributed by atoms with Crippen LogP contribution in [0.15, 0.2) is 18.2 Å². The van der Waals surface area contributed by atoms with E-state index in [9.17, 15) is 9.90 Å². The molecule has 0 aliphatic heterocycles. The van der Waals surface area contributed by atoms with E-state index < -0.39 is 11.9 Å². The second-order valence-corrected chi connectivity index (χ2v) is 3.63. The number of nitrogens with one attached hydrogen (secondary N) is 1. The molecule has 1 atom stereocenters. The number of benzene rings is 1. The van der Waals surface area contributed by atoms with Gasteiger partial charge < -0.3 is 10.4 Å². The van der Waals surface area contributed by atoms with Crippen LogP contribution in [-0.2, 0) is 0 Å². The number of hydrogen-bond donors (Lipinski definition) is 2. The Labute approximate surface area is 98.5 Å². The standard InChI is InChI=1S/C11H11ClN2O2/c1-2-7(6-13)14-11(16)9-5-8(15)3-4-10(9)12/h3-5,7,15H,2H2,1H3,(H,14,16). The highest BCUT2D eigenvalue weighted by Crippen LogP contribution is 2.21. The second kappa shape index (κ2) is 5.38. The Morgan fingerprint density at radius 2 is 2.38 bits per heavy atom. The summed E-state index contributed by atoms with van der Waals surface area (Å²) in [7, 11) is 0. The SMILES string of the molecule is CCC(C#N)NC(=O)c1cc(O)ccc1Cl. The van der Waals surface area contributed by atoms with Crippen molar-refractivity contribution >= 4 is 17.5 Å². The molecule has 4 nitrogen and oxygen atoms in total. The lowest BCUT2D eigenvalue weighted by atomic mass is 10.1. The van der Waals surface area contributed by atoms with Crippen LogP contribution in [0.5, 0.6) is 5.75 Å². The number of rotatable bonds is 3. The van der Waals surface area contributed by atoms with Crippen molar-refractivity contribution in [3.8, 4) is 11.8 Å². The van der Waals surface area contributed by atoms with Gasteiger partial charge in [0.05, 0.1) is 16.7 Å². The molecule has 1 aromatic rings. The molecule has 0 bridgehead atoms. The van der Waals surface area contributed by atoms with Crippen molar-refractivity contribution in [2.24, 2.45) is 0 Å². The van der Waals surface area contributed by atoms with Crippen LogP contribution in [0.2, 0.25) is 5.02 Å². The smallest absolute Gasteiger partial charge is 0.253 e. The molecule has 5 heteroatoms. The molecule has 0 aliphatic rings. The van der Waals surface area contributed by atoms with E-state index in [1.807, 2.05) is 6.07 Å². The normalized spacial score (nSPS) is 11.6. The van der Waals surface area contributed by atoms with Gasteiger partial charge in [-0.1, -0.05) is 18.5 Å². The van der Waals surface area contributed by atoms with Gasteiger partial charge in [-0.3, -0.25) is 4.79 Å². The molecule has 1 aromatic carbocycles. The van der Waals surface area contributed by atoms with Crippen LogP contribution in [0.1, 0.15) is 23.7 Å². The van der Waals surface area contributed by atoms with Crippen molar-refractivity contribution in [2.45, 2.75) is 19.4 Å². The zero-order valence-electron chi connectivity index (χ0n) is 8.70. The monoisotopic (exact) mass is 238 g/mol. The predicted octanol–water partition coefficient (Wildman–Crippen LogP) is 2.08. The molecule has 0 saturated heterocycles. The van der Waals surface area contributed by atoms with Gasteiger partial charge in [0, 0.05) is 0 Å². The van der Waals surface area contributed by atoms with Crippen molar-refractivity contribution in [1.29, 1.82) is 5.26 Å². The summed E-state index contributed by atoms with van der Waals surface area (Å²) in [6.07, 6.45) is 0.513. The van der Waals surface area contributed by atoms with Gasteiger partial charge in [-0.15, -0.1) is 0 Å². The van der Waals surface area contributed by atoms with Crippen LogP contribution in [-0.4, -0.2) is 17.1 Å². The summed E-state index contributed by atoms with van der Waals surface area (Å²) in [5, 5.41) is 20.7. The summed E-state index contributed by atoms with van der Waals surface area (Å²) in [6, 6.07) is 5.48. The number of amides is 1. The topological polar surface area (TPSA) is 73.1 Å². The molecule has 1 amide bonds. The zero-order valence-corrected chi connectivity index (χ0v) is 9.45. The van der Waals surface area contributed by atoms with E-state index in [-0.39, 0.29) is 16.3 Å². The summed E-state index contributed by atoms with van der Waals surface area (Å²) >= 11 is 5.81. The molecule has 1 unspecified atom stereocenters. The molecule has 0 aromatic heterocycles. The van der Waals surface area contributed by atoms with E-state index in [0.717, 1.165) is 0 Å². The molecule has 0 fully saturated rings. The molecule has 0 radical (unpaired) electrons. The van der Waals surface area contributed by atoms with Gasteiger partial charge >= 0.3 is 0 Å². The fraction of sp³-hybridized carbons (Fsp3) is 0.273. The Bertz CT molecular complexity index is 440. The summed E-state index contributed by atoms with van der Waals surface area (Å²) < 4.78 is 0. The predicted molar refractivity (Wildman–Crippen MR) is 60.3 cm³/mol. The Balaban J connectivity index is 2.89. The van der Waals surface area contributed by atoms with Crippen LogP contribution in [0.25, 0.3) is 0 Å². The summed E-state index contributed by atoms with van der Waals surface area (Å²) in [5.41, 5.74) is 0.162. The van der Waals surface area contributed by atoms with Crippen LogP contribution < -0.4 is 5.32 Å². The molecule has 16 heavy (non-hydrogen) atoms. The van der Waals surface area contributed by atoms with E-state index in [1.165, 1.54) is 18.2 Å². The maximum Gasteiger partial charge on any atom is 0.253 e. The average molecular weight is 239 g/mol. The highest BCUT2D eigenvalue weighted by molar-refractivity contribution is 6.33. The number of hydrogen-bond acceptors (Lipinski definition) is 3. The first-order valence-corrected chi connectivity index (χ1v) is 5.15. The van der Waals surface area contributed by atoms with Gasteiger partial charge in [0.1, 0.15) is 11.8 Å². The van der Waals surface area contributed by atoms with Gasteiger partial charge in [0.2, 0.25) is 0 Å². The Kier molecular flexibility index (Phi) is 4.15. The largest absolute Gasteiger partial charge is 0.508 e. The number of carbonyl (C=O) groups is 1. The minimum Gasteiger partial charge on any atom is -0.508 e. The van der Waals surface area contributed by atoms with Gasteiger partial charge in [0.15, 0.2) is 0 Å². The fourth-order valence-electron chi connectivity index (χ4n) is 1.15. The van der Waals surface area contributed by atoms with Gasteiger partial charge in [0.25, 0.3) is 5.91 Å². The average Bonchev–Trinajstić information content (AvgIpc) is 2.28. The van der Waals surface area contributed by atoms with Crippen molar-refractivity contribution in [3.05, 3.63) is 28.8 Å². The molecule has 84 valence electrons. The summed E-state index contributed by atoms with van der Waals surface area (Å²) in [4.78, 5) is 11.7. The Hall–Kier alpha value is -1.73. The van der Waals surface area contributed by atoms with E-state index >= 15 is 0 Å². The molecule has 0 saturated carbocycles. The summed E-state index contributed by atoms with van der Waals surface area (Å²) in [5.74, 6) is -0.506. The quantitative estimate of drug-likeness (QED) is 0.847. The first kappa shape index (κ1) is 12.3. The van der Waals surface area contributed by atoms with Crippen LogP contribution in [0, 0.1) is 11.3 Å². The maximum absolute atomic E-state index is 11.7. The molecular formula is C11H11ClN2O2. The highest BCUT2D eigenvalue weighted by Gasteiger charge is 2.14. The van der Waals surface area contributed by atoms with E-state index in [1.54, 1.807) is 6.92 Å². The first-order valence-electron chi connectivity index (χ1n) is 4.77. The fourth-order valence-corrected chi connectivity index (χ4v) is 1.35. The minimum absolute atomic E-state index is 0.0421. The lowest BCUT2D eigenvalue weighted by molar-refractivity contribution is 0.0944. The highest BCUT2D eigenvalue weighted by atomic mass is 35.5. The zero-order chi connectivity index (χ0) is 12.1. The van der Waals surface area contributed by atoms with Crippen LogP contribution >= 0.6 is 11.6 Å². The molecule has 0 spiro atoms. The third kappa shape index (κ3) is 2.88. The van der Waals surface area contributed by atoms with E-state index in [4.69, 9.17) is 16.9 Å². The molecular weight excluding hydrogens is 228 g/mol. The van der Waals surface area contributed by atoms with Crippen molar-refractivity contribution < 1.29 is 9.90 Å². The molecule has 0 heterocycles. The minimum atomic E-state index is -0.550. The number of aromatic hydroxyl groups is 1.